The molecule has 0 fully saturated rings. The van der Waals surface area contributed by atoms with Crippen LogP contribution in [-0.2, 0) is 13.0 Å². The largest absolute Gasteiger partial charge is 0.496 e. The predicted octanol–water partition coefficient (Wildman–Crippen LogP) is 3.18. The number of benzene rings is 2. The summed E-state index contributed by atoms with van der Waals surface area (Å²) in [5, 5.41) is 4.41. The number of aromatic nitrogens is 1. The van der Waals surface area contributed by atoms with Crippen LogP contribution in [0.15, 0.2) is 53.3 Å². The summed E-state index contributed by atoms with van der Waals surface area (Å²) >= 11 is 0. The predicted molar refractivity (Wildman–Crippen MR) is 97.7 cm³/mol. The lowest BCUT2D eigenvalue weighted by Gasteiger charge is -2.09. The van der Waals surface area contributed by atoms with Gasteiger partial charge in [-0.3, -0.25) is 4.79 Å². The van der Waals surface area contributed by atoms with Crippen LogP contribution >= 0.6 is 0 Å². The van der Waals surface area contributed by atoms with Crippen LogP contribution < -0.4 is 15.6 Å². The Hall–Kier alpha value is -2.59. The summed E-state index contributed by atoms with van der Waals surface area (Å²) in [4.78, 5) is 15.2. The van der Waals surface area contributed by atoms with Crippen molar-refractivity contribution in [3.63, 3.8) is 0 Å². The van der Waals surface area contributed by atoms with Gasteiger partial charge in [0.05, 0.1) is 12.6 Å². The molecule has 2 aromatic carbocycles. The topological polar surface area (TPSA) is 54.1 Å². The van der Waals surface area contributed by atoms with E-state index in [0.717, 1.165) is 46.3 Å². The van der Waals surface area contributed by atoms with Crippen LogP contribution in [0, 0.1) is 6.92 Å². The lowest BCUT2D eigenvalue weighted by molar-refractivity contribution is 0.409. The number of H-pyrrole nitrogens is 1. The van der Waals surface area contributed by atoms with Gasteiger partial charge in [-0.15, -0.1) is 0 Å². The molecule has 0 atom stereocenters. The fraction of sp³-hybridized carbons (Fsp3) is 0.250. The molecule has 0 unspecified atom stereocenters. The molecular weight excluding hydrogens is 300 g/mol. The standard InChI is InChI=1S/C20H22N2O2/c1-14-6-5-8-16-12-17(20(23)22-19(14)16)13-21-11-10-15-7-3-4-9-18(15)24-2/h3-9,12,21H,10-11,13H2,1-2H3,(H,22,23). The Kier molecular flexibility index (Phi) is 4.96. The highest BCUT2D eigenvalue weighted by atomic mass is 16.5. The molecule has 0 saturated heterocycles. The van der Waals surface area contributed by atoms with Crippen molar-refractivity contribution in [2.45, 2.75) is 19.9 Å². The van der Waals surface area contributed by atoms with E-state index in [9.17, 15) is 4.79 Å². The van der Waals surface area contributed by atoms with Crippen molar-refractivity contribution in [3.8, 4) is 5.75 Å². The molecule has 2 N–H and O–H groups in total. The Morgan fingerprint density at radius 2 is 1.92 bits per heavy atom. The van der Waals surface area contributed by atoms with Gasteiger partial charge in [-0.2, -0.15) is 0 Å². The molecule has 124 valence electrons. The second-order valence-corrected chi connectivity index (χ2v) is 5.90. The molecule has 0 aliphatic carbocycles. The Morgan fingerprint density at radius 1 is 1.08 bits per heavy atom. The Morgan fingerprint density at radius 3 is 2.75 bits per heavy atom. The van der Waals surface area contributed by atoms with Gasteiger partial charge in [-0.1, -0.05) is 36.4 Å². The number of para-hydroxylation sites is 2. The highest BCUT2D eigenvalue weighted by Gasteiger charge is 2.05. The molecule has 0 radical (unpaired) electrons. The molecule has 0 aliphatic rings. The van der Waals surface area contributed by atoms with Crippen LogP contribution in [0.2, 0.25) is 0 Å². The molecule has 0 bridgehead atoms. The zero-order valence-electron chi connectivity index (χ0n) is 14.1. The number of aryl methyl sites for hydroxylation is 1. The van der Waals surface area contributed by atoms with E-state index in [0.29, 0.717) is 6.54 Å². The van der Waals surface area contributed by atoms with E-state index in [2.05, 4.69) is 16.4 Å². The lowest BCUT2D eigenvalue weighted by atomic mass is 10.1. The van der Waals surface area contributed by atoms with Gasteiger partial charge in [-0.05, 0) is 48.5 Å². The van der Waals surface area contributed by atoms with Crippen LogP contribution in [0.25, 0.3) is 10.9 Å². The van der Waals surface area contributed by atoms with Crippen LogP contribution in [0.1, 0.15) is 16.7 Å². The number of fused-ring (bicyclic) bond motifs is 1. The molecule has 4 nitrogen and oxygen atoms in total. The number of methoxy groups -OCH3 is 1. The number of rotatable bonds is 6. The summed E-state index contributed by atoms with van der Waals surface area (Å²) in [6.45, 7) is 3.34. The van der Waals surface area contributed by atoms with Gasteiger partial charge in [-0.25, -0.2) is 0 Å². The van der Waals surface area contributed by atoms with Gasteiger partial charge in [0.25, 0.3) is 5.56 Å². The van der Waals surface area contributed by atoms with Gasteiger partial charge >= 0.3 is 0 Å². The first-order chi connectivity index (χ1) is 11.7. The first-order valence-electron chi connectivity index (χ1n) is 8.13. The third-order valence-electron chi connectivity index (χ3n) is 4.24. The van der Waals surface area contributed by atoms with Gasteiger partial charge in [0, 0.05) is 12.1 Å². The third-order valence-corrected chi connectivity index (χ3v) is 4.24. The molecule has 0 saturated carbocycles. The maximum absolute atomic E-state index is 12.2. The fourth-order valence-corrected chi connectivity index (χ4v) is 2.92. The molecule has 0 spiro atoms. The van der Waals surface area contributed by atoms with Crippen molar-refractivity contribution in [3.05, 3.63) is 75.6 Å². The second kappa shape index (κ2) is 7.32. The van der Waals surface area contributed by atoms with Crippen molar-refractivity contribution in [2.75, 3.05) is 13.7 Å². The van der Waals surface area contributed by atoms with Crippen molar-refractivity contribution in [1.29, 1.82) is 0 Å². The summed E-state index contributed by atoms with van der Waals surface area (Å²) in [7, 11) is 1.68. The monoisotopic (exact) mass is 322 g/mol. The minimum absolute atomic E-state index is 0.0263. The molecule has 3 rings (SSSR count). The summed E-state index contributed by atoms with van der Waals surface area (Å²) < 4.78 is 5.36. The number of hydrogen-bond donors (Lipinski definition) is 2. The molecule has 1 aromatic heterocycles. The van der Waals surface area contributed by atoms with Crippen molar-refractivity contribution in [2.24, 2.45) is 0 Å². The van der Waals surface area contributed by atoms with Gasteiger partial charge in [0.2, 0.25) is 0 Å². The van der Waals surface area contributed by atoms with E-state index >= 15 is 0 Å². The first-order valence-corrected chi connectivity index (χ1v) is 8.13. The summed E-state index contributed by atoms with van der Waals surface area (Å²) in [5.74, 6) is 0.901. The number of aromatic amines is 1. The average molecular weight is 322 g/mol. The number of ether oxygens (including phenoxy) is 1. The maximum atomic E-state index is 12.2. The third kappa shape index (κ3) is 3.49. The fourth-order valence-electron chi connectivity index (χ4n) is 2.92. The minimum atomic E-state index is -0.0263. The average Bonchev–Trinajstić information content (AvgIpc) is 2.60. The smallest absolute Gasteiger partial charge is 0.252 e. The van der Waals surface area contributed by atoms with Crippen molar-refractivity contribution < 1.29 is 4.74 Å². The SMILES string of the molecule is COc1ccccc1CCNCc1cc2cccc(C)c2[nH]c1=O. The second-order valence-electron chi connectivity index (χ2n) is 5.90. The van der Waals surface area contributed by atoms with E-state index in [1.54, 1.807) is 7.11 Å². The van der Waals surface area contributed by atoms with E-state index in [1.807, 2.05) is 49.4 Å². The Bertz CT molecular complexity index is 900. The zero-order valence-corrected chi connectivity index (χ0v) is 14.1. The van der Waals surface area contributed by atoms with Gasteiger partial charge in [0.1, 0.15) is 5.75 Å². The molecule has 0 amide bonds. The Balaban J connectivity index is 1.66. The van der Waals surface area contributed by atoms with Crippen molar-refractivity contribution >= 4 is 10.9 Å². The van der Waals surface area contributed by atoms with Crippen LogP contribution in [0.5, 0.6) is 5.75 Å². The van der Waals surface area contributed by atoms with Gasteiger partial charge in [0.15, 0.2) is 0 Å². The molecular formula is C20H22N2O2. The molecule has 24 heavy (non-hydrogen) atoms. The number of hydrogen-bond acceptors (Lipinski definition) is 3. The summed E-state index contributed by atoms with van der Waals surface area (Å²) in [6, 6.07) is 16.0. The van der Waals surface area contributed by atoms with E-state index in [4.69, 9.17) is 4.74 Å². The van der Waals surface area contributed by atoms with E-state index in [-0.39, 0.29) is 5.56 Å². The normalized spacial score (nSPS) is 10.9. The van der Waals surface area contributed by atoms with E-state index < -0.39 is 0 Å². The van der Waals surface area contributed by atoms with Gasteiger partial charge < -0.3 is 15.0 Å². The quantitative estimate of drug-likeness (QED) is 0.685. The number of pyridine rings is 1. The van der Waals surface area contributed by atoms with Crippen LogP contribution in [0.4, 0.5) is 0 Å². The Labute approximate surface area is 141 Å². The maximum Gasteiger partial charge on any atom is 0.252 e. The molecule has 4 heteroatoms. The van der Waals surface area contributed by atoms with Crippen LogP contribution in [-0.4, -0.2) is 18.6 Å². The first kappa shape index (κ1) is 16.3. The number of nitrogens with one attached hydrogen (secondary N) is 2. The summed E-state index contributed by atoms with van der Waals surface area (Å²) in [6.07, 6.45) is 0.856. The minimum Gasteiger partial charge on any atom is -0.496 e. The molecule has 1 heterocycles. The zero-order chi connectivity index (χ0) is 16.9. The highest BCUT2D eigenvalue weighted by Crippen LogP contribution is 2.17. The lowest BCUT2D eigenvalue weighted by Crippen LogP contribution is -2.23. The molecule has 3 aromatic rings. The summed E-state index contributed by atoms with van der Waals surface area (Å²) in [5.41, 5.74) is 3.89. The van der Waals surface area contributed by atoms with E-state index in [1.165, 1.54) is 0 Å². The molecule has 0 aliphatic heterocycles. The van der Waals surface area contributed by atoms with Crippen LogP contribution in [0.3, 0.4) is 0 Å². The highest BCUT2D eigenvalue weighted by molar-refractivity contribution is 5.81. The van der Waals surface area contributed by atoms with Crippen molar-refractivity contribution in [1.82, 2.24) is 10.3 Å².